The molecule has 0 bridgehead atoms. The van der Waals surface area contributed by atoms with E-state index in [1.165, 1.54) is 7.11 Å². The van der Waals surface area contributed by atoms with Gasteiger partial charge in [-0.05, 0) is 19.1 Å². The number of aryl methyl sites for hydroxylation is 1. The van der Waals surface area contributed by atoms with Crippen LogP contribution in [0.3, 0.4) is 0 Å². The highest BCUT2D eigenvalue weighted by atomic mass is 35.5. The molecule has 0 aliphatic carbocycles. The lowest BCUT2D eigenvalue weighted by molar-refractivity contribution is 0.0595. The van der Waals surface area contributed by atoms with Gasteiger partial charge in [-0.3, -0.25) is 0 Å². The number of fused-ring (bicyclic) bond motifs is 1. The van der Waals surface area contributed by atoms with E-state index in [4.69, 9.17) is 11.6 Å². The zero-order chi connectivity index (χ0) is 11.0. The van der Waals surface area contributed by atoms with E-state index in [-0.39, 0.29) is 0 Å². The first-order valence-corrected chi connectivity index (χ1v) is 4.74. The van der Waals surface area contributed by atoms with Gasteiger partial charge >= 0.3 is 5.97 Å². The average Bonchev–Trinajstić information content (AvgIpc) is 2.60. The van der Waals surface area contributed by atoms with Gasteiger partial charge in [-0.2, -0.15) is 0 Å². The van der Waals surface area contributed by atoms with Gasteiger partial charge in [-0.1, -0.05) is 11.6 Å². The normalized spacial score (nSPS) is 10.6. The van der Waals surface area contributed by atoms with Gasteiger partial charge in [-0.15, -0.1) is 0 Å². The van der Waals surface area contributed by atoms with Gasteiger partial charge in [0.1, 0.15) is 11.3 Å². The van der Waals surface area contributed by atoms with Crippen molar-refractivity contribution >= 4 is 28.6 Å². The van der Waals surface area contributed by atoms with Crippen LogP contribution in [0.4, 0.5) is 0 Å². The Balaban J connectivity index is 2.65. The smallest absolute Gasteiger partial charge is 0.354 e. The predicted octanol–water partition coefficient (Wildman–Crippen LogP) is 2.31. The average molecular weight is 225 g/mol. The molecule has 78 valence electrons. The van der Waals surface area contributed by atoms with Crippen molar-refractivity contribution in [3.8, 4) is 0 Å². The third-order valence-electron chi connectivity index (χ3n) is 2.08. The van der Waals surface area contributed by atoms with E-state index in [9.17, 15) is 4.79 Å². The Morgan fingerprint density at radius 3 is 2.93 bits per heavy atom. The minimum absolute atomic E-state index is 0.354. The second kappa shape index (κ2) is 3.55. The number of aromatic nitrogens is 2. The molecule has 15 heavy (non-hydrogen) atoms. The van der Waals surface area contributed by atoms with Crippen molar-refractivity contribution in [2.75, 3.05) is 7.11 Å². The lowest BCUT2D eigenvalue weighted by Gasteiger charge is -1.94. The number of aromatic amines is 1. The molecule has 2 rings (SSSR count). The summed E-state index contributed by atoms with van der Waals surface area (Å²) in [6.07, 6.45) is 0. The first kappa shape index (κ1) is 9.98. The number of methoxy groups -OCH3 is 1. The summed E-state index contributed by atoms with van der Waals surface area (Å²) >= 11 is 6.01. The number of hydrogen-bond donors (Lipinski definition) is 1. The third kappa shape index (κ3) is 1.68. The maximum Gasteiger partial charge on any atom is 0.354 e. The quantitative estimate of drug-likeness (QED) is 0.757. The molecule has 0 atom stereocenters. The predicted molar refractivity (Wildman–Crippen MR) is 57.2 cm³/mol. The van der Waals surface area contributed by atoms with Crippen LogP contribution in [0.5, 0.6) is 0 Å². The number of rotatable bonds is 1. The van der Waals surface area contributed by atoms with E-state index >= 15 is 0 Å². The number of nitrogens with one attached hydrogen (secondary N) is 1. The third-order valence-corrected chi connectivity index (χ3v) is 2.40. The molecule has 0 radical (unpaired) electrons. The molecule has 2 aromatic heterocycles. The summed E-state index contributed by atoms with van der Waals surface area (Å²) in [5.74, 6) is -0.429. The fourth-order valence-electron chi connectivity index (χ4n) is 1.40. The van der Waals surface area contributed by atoms with Crippen LogP contribution in [0.1, 0.15) is 16.2 Å². The number of pyridine rings is 1. The van der Waals surface area contributed by atoms with Gasteiger partial charge in [0.2, 0.25) is 0 Å². The topological polar surface area (TPSA) is 55.0 Å². The molecular formula is C10H9ClN2O2. The summed E-state index contributed by atoms with van der Waals surface area (Å²) in [7, 11) is 1.33. The van der Waals surface area contributed by atoms with E-state index in [0.717, 1.165) is 11.1 Å². The van der Waals surface area contributed by atoms with Crippen molar-refractivity contribution in [3.63, 3.8) is 0 Å². The van der Waals surface area contributed by atoms with E-state index in [1.54, 1.807) is 12.1 Å². The SMILES string of the molecule is COC(=O)c1cc2c(Cl)cc(C)nc2[nH]1. The largest absolute Gasteiger partial charge is 0.464 e. The minimum atomic E-state index is -0.429. The minimum Gasteiger partial charge on any atom is -0.464 e. The summed E-state index contributed by atoms with van der Waals surface area (Å²) in [4.78, 5) is 18.3. The van der Waals surface area contributed by atoms with Crippen LogP contribution in [0, 0.1) is 6.92 Å². The Morgan fingerprint density at radius 1 is 1.53 bits per heavy atom. The monoisotopic (exact) mass is 224 g/mol. The van der Waals surface area contributed by atoms with Crippen LogP contribution in [0.15, 0.2) is 12.1 Å². The van der Waals surface area contributed by atoms with E-state index in [1.807, 2.05) is 6.92 Å². The molecule has 0 saturated heterocycles. The molecule has 5 heteroatoms. The van der Waals surface area contributed by atoms with Crippen LogP contribution < -0.4 is 0 Å². The van der Waals surface area contributed by atoms with Crippen molar-refractivity contribution < 1.29 is 9.53 Å². The maximum atomic E-state index is 11.3. The van der Waals surface area contributed by atoms with Gasteiger partial charge < -0.3 is 9.72 Å². The molecule has 0 fully saturated rings. The highest BCUT2D eigenvalue weighted by molar-refractivity contribution is 6.35. The Hall–Kier alpha value is -1.55. The summed E-state index contributed by atoms with van der Waals surface area (Å²) < 4.78 is 4.59. The summed E-state index contributed by atoms with van der Waals surface area (Å²) in [6.45, 7) is 1.84. The molecular weight excluding hydrogens is 216 g/mol. The lowest BCUT2D eigenvalue weighted by Crippen LogP contribution is -2.00. The second-order valence-corrected chi connectivity index (χ2v) is 3.59. The summed E-state index contributed by atoms with van der Waals surface area (Å²) in [5, 5.41) is 1.30. The van der Waals surface area contributed by atoms with Crippen molar-refractivity contribution in [2.45, 2.75) is 6.92 Å². The molecule has 2 heterocycles. The van der Waals surface area contributed by atoms with Crippen molar-refractivity contribution in [2.24, 2.45) is 0 Å². The van der Waals surface area contributed by atoms with Crippen LogP contribution in [-0.4, -0.2) is 23.0 Å². The van der Waals surface area contributed by atoms with Gasteiger partial charge in [-0.25, -0.2) is 9.78 Å². The van der Waals surface area contributed by atoms with Gasteiger partial charge in [0.05, 0.1) is 12.1 Å². The summed E-state index contributed by atoms with van der Waals surface area (Å²) in [6, 6.07) is 3.38. The summed E-state index contributed by atoms with van der Waals surface area (Å²) in [5.41, 5.74) is 1.75. The van der Waals surface area contributed by atoms with Gasteiger partial charge in [0, 0.05) is 11.1 Å². The van der Waals surface area contributed by atoms with Crippen molar-refractivity contribution in [1.82, 2.24) is 9.97 Å². The number of esters is 1. The molecule has 0 spiro atoms. The Labute approximate surface area is 91.2 Å². The number of ether oxygens (including phenoxy) is 1. The fourth-order valence-corrected chi connectivity index (χ4v) is 1.71. The molecule has 0 aromatic carbocycles. The highest BCUT2D eigenvalue weighted by Gasteiger charge is 2.12. The van der Waals surface area contributed by atoms with Crippen molar-refractivity contribution in [3.05, 3.63) is 28.5 Å². The van der Waals surface area contributed by atoms with Gasteiger partial charge in [0.25, 0.3) is 0 Å². The maximum absolute atomic E-state index is 11.3. The van der Waals surface area contributed by atoms with Crippen LogP contribution in [0.2, 0.25) is 5.02 Å². The number of hydrogen-bond acceptors (Lipinski definition) is 3. The Bertz CT molecular complexity index is 533. The molecule has 1 N–H and O–H groups in total. The Kier molecular flexibility index (Phi) is 2.36. The molecule has 0 unspecified atom stereocenters. The van der Waals surface area contributed by atoms with E-state index < -0.39 is 5.97 Å². The zero-order valence-electron chi connectivity index (χ0n) is 8.30. The highest BCUT2D eigenvalue weighted by Crippen LogP contribution is 2.23. The van der Waals surface area contributed by atoms with E-state index in [2.05, 4.69) is 14.7 Å². The lowest BCUT2D eigenvalue weighted by atomic mass is 10.3. The number of carbonyl (C=O) groups is 1. The van der Waals surface area contributed by atoms with Crippen LogP contribution in [0.25, 0.3) is 11.0 Å². The Morgan fingerprint density at radius 2 is 2.27 bits per heavy atom. The standard InChI is InChI=1S/C10H9ClN2O2/c1-5-3-7(11)6-4-8(10(14)15-2)13-9(6)12-5/h3-4H,1-2H3,(H,12,13). The van der Waals surface area contributed by atoms with Gasteiger partial charge in [0.15, 0.2) is 0 Å². The van der Waals surface area contributed by atoms with Crippen molar-refractivity contribution in [1.29, 1.82) is 0 Å². The number of carbonyl (C=O) groups excluding carboxylic acids is 1. The van der Waals surface area contributed by atoms with E-state index in [0.29, 0.717) is 16.4 Å². The molecule has 0 aliphatic rings. The molecule has 0 aliphatic heterocycles. The molecule has 0 saturated carbocycles. The first-order valence-electron chi connectivity index (χ1n) is 4.36. The molecule has 0 amide bonds. The molecule has 2 aromatic rings. The second-order valence-electron chi connectivity index (χ2n) is 3.18. The number of H-pyrrole nitrogens is 1. The fraction of sp³-hybridized carbons (Fsp3) is 0.200. The number of nitrogens with zero attached hydrogens (tertiary/aromatic N) is 1. The zero-order valence-corrected chi connectivity index (χ0v) is 9.05. The van der Waals surface area contributed by atoms with Crippen LogP contribution >= 0.6 is 11.6 Å². The molecule has 4 nitrogen and oxygen atoms in total. The van der Waals surface area contributed by atoms with Crippen LogP contribution in [-0.2, 0) is 4.74 Å². The number of halogens is 1. The first-order chi connectivity index (χ1) is 7.11.